The van der Waals surface area contributed by atoms with Crippen LogP contribution in [0.25, 0.3) is 0 Å². The van der Waals surface area contributed by atoms with Gasteiger partial charge in [0.2, 0.25) is 10.0 Å². The van der Waals surface area contributed by atoms with Crippen molar-refractivity contribution in [2.24, 2.45) is 10.9 Å². The quantitative estimate of drug-likeness (QED) is 0.360. The Labute approximate surface area is 178 Å². The van der Waals surface area contributed by atoms with Crippen molar-refractivity contribution >= 4 is 51.6 Å². The van der Waals surface area contributed by atoms with Gasteiger partial charge in [0.25, 0.3) is 0 Å². The molecule has 1 aromatic rings. The molecule has 1 aromatic carbocycles. The van der Waals surface area contributed by atoms with Gasteiger partial charge >= 0.3 is 0 Å². The summed E-state index contributed by atoms with van der Waals surface area (Å²) < 4.78 is 24.7. The van der Waals surface area contributed by atoms with E-state index in [1.807, 2.05) is 24.3 Å². The Kier molecular flexibility index (Phi) is 9.63. The zero-order valence-electron chi connectivity index (χ0n) is 15.4. The number of guanidine groups is 1. The molecule has 1 heterocycles. The van der Waals surface area contributed by atoms with Gasteiger partial charge in [0.05, 0.1) is 12.3 Å². The highest BCUT2D eigenvalue weighted by Gasteiger charge is 2.24. The third kappa shape index (κ3) is 7.21. The van der Waals surface area contributed by atoms with Gasteiger partial charge in [-0.2, -0.15) is 0 Å². The molecule has 1 unspecified atom stereocenters. The number of halogens is 2. The molecule has 0 bridgehead atoms. The van der Waals surface area contributed by atoms with Gasteiger partial charge < -0.3 is 10.6 Å². The summed E-state index contributed by atoms with van der Waals surface area (Å²) in [5.74, 6) is 1.18. The topological polar surface area (TPSA) is 73.8 Å². The molecule has 2 rings (SSSR count). The third-order valence-electron chi connectivity index (χ3n) is 4.53. The number of hydrogen-bond donors (Lipinski definition) is 2. The summed E-state index contributed by atoms with van der Waals surface area (Å²) in [4.78, 5) is 4.27. The molecule has 1 aliphatic heterocycles. The molecule has 1 fully saturated rings. The van der Waals surface area contributed by atoms with Crippen molar-refractivity contribution < 1.29 is 8.42 Å². The standard InChI is InChI=1S/C17H27ClN4O2S.HI/c1-13(15-5-4-6-16(18)11-15)21-17(19-2)20-12-14-7-9-22(10-8-14)25(3,23)24;/h4-6,11,13-14H,7-10,12H2,1-3H3,(H2,19,20,21);1H. The summed E-state index contributed by atoms with van der Waals surface area (Å²) in [5.41, 5.74) is 1.09. The molecule has 9 heteroatoms. The first-order valence-corrected chi connectivity index (χ1v) is 10.7. The number of rotatable bonds is 5. The molecule has 26 heavy (non-hydrogen) atoms. The maximum Gasteiger partial charge on any atom is 0.211 e. The van der Waals surface area contributed by atoms with E-state index in [9.17, 15) is 8.42 Å². The first-order valence-electron chi connectivity index (χ1n) is 8.47. The van der Waals surface area contributed by atoms with Crippen LogP contribution in [0.3, 0.4) is 0 Å². The molecule has 0 radical (unpaired) electrons. The van der Waals surface area contributed by atoms with Crippen LogP contribution in [0.2, 0.25) is 5.02 Å². The number of piperidine rings is 1. The first kappa shape index (κ1) is 23.5. The van der Waals surface area contributed by atoms with Crippen molar-refractivity contribution in [1.29, 1.82) is 0 Å². The van der Waals surface area contributed by atoms with Crippen molar-refractivity contribution in [3.05, 3.63) is 34.9 Å². The Balaban J connectivity index is 0.00000338. The van der Waals surface area contributed by atoms with E-state index in [-0.39, 0.29) is 30.0 Å². The van der Waals surface area contributed by atoms with Crippen LogP contribution < -0.4 is 10.6 Å². The number of sulfonamides is 1. The first-order chi connectivity index (χ1) is 11.8. The van der Waals surface area contributed by atoms with Crippen LogP contribution in [-0.4, -0.2) is 51.6 Å². The molecular weight excluding hydrogens is 487 g/mol. The Morgan fingerprint density at radius 1 is 1.38 bits per heavy atom. The van der Waals surface area contributed by atoms with Crippen LogP contribution in [-0.2, 0) is 10.0 Å². The van der Waals surface area contributed by atoms with Gasteiger partial charge in [-0.1, -0.05) is 23.7 Å². The summed E-state index contributed by atoms with van der Waals surface area (Å²) in [5, 5.41) is 7.42. The lowest BCUT2D eigenvalue weighted by atomic mass is 9.98. The van der Waals surface area contributed by atoms with E-state index in [1.54, 1.807) is 11.4 Å². The highest BCUT2D eigenvalue weighted by Crippen LogP contribution is 2.19. The van der Waals surface area contributed by atoms with Crippen LogP contribution in [0.4, 0.5) is 0 Å². The monoisotopic (exact) mass is 514 g/mol. The molecule has 1 aliphatic rings. The average Bonchev–Trinajstić information content (AvgIpc) is 2.58. The fraction of sp³-hybridized carbons (Fsp3) is 0.588. The maximum absolute atomic E-state index is 11.6. The van der Waals surface area contributed by atoms with Crippen LogP contribution in [0, 0.1) is 5.92 Å². The largest absolute Gasteiger partial charge is 0.356 e. The van der Waals surface area contributed by atoms with E-state index < -0.39 is 10.0 Å². The predicted octanol–water partition coefficient (Wildman–Crippen LogP) is 2.86. The number of nitrogens with zero attached hydrogens (tertiary/aromatic N) is 2. The van der Waals surface area contributed by atoms with Gasteiger partial charge in [-0.05, 0) is 43.4 Å². The summed E-state index contributed by atoms with van der Waals surface area (Å²) in [6.07, 6.45) is 3.00. The van der Waals surface area contributed by atoms with E-state index in [4.69, 9.17) is 11.6 Å². The number of benzene rings is 1. The highest BCUT2D eigenvalue weighted by atomic mass is 127. The number of nitrogens with one attached hydrogen (secondary N) is 2. The maximum atomic E-state index is 11.6. The summed E-state index contributed by atoms with van der Waals surface area (Å²) in [7, 11) is -1.33. The smallest absolute Gasteiger partial charge is 0.211 e. The van der Waals surface area contributed by atoms with E-state index in [1.165, 1.54) is 6.26 Å². The minimum absolute atomic E-state index is 0. The molecule has 148 valence electrons. The van der Waals surface area contributed by atoms with Crippen molar-refractivity contribution in [3.8, 4) is 0 Å². The van der Waals surface area contributed by atoms with Crippen LogP contribution >= 0.6 is 35.6 Å². The van der Waals surface area contributed by atoms with Crippen molar-refractivity contribution in [2.45, 2.75) is 25.8 Å². The molecule has 2 N–H and O–H groups in total. The molecule has 1 saturated heterocycles. The average molecular weight is 515 g/mol. The molecule has 0 aromatic heterocycles. The second kappa shape index (κ2) is 10.7. The lowest BCUT2D eigenvalue weighted by Gasteiger charge is -2.30. The van der Waals surface area contributed by atoms with E-state index in [2.05, 4.69) is 22.5 Å². The minimum atomic E-state index is -3.07. The van der Waals surface area contributed by atoms with Gasteiger partial charge in [-0.3, -0.25) is 4.99 Å². The Hall–Kier alpha value is -0.580. The summed E-state index contributed by atoms with van der Waals surface area (Å²) in [6, 6.07) is 7.83. The SMILES string of the molecule is CN=C(NCC1CCN(S(C)(=O)=O)CC1)NC(C)c1cccc(Cl)c1.I. The molecular formula is C17H28ClIN4O2S. The van der Waals surface area contributed by atoms with Crippen molar-refractivity contribution in [3.63, 3.8) is 0 Å². The fourth-order valence-corrected chi connectivity index (χ4v) is 4.02. The highest BCUT2D eigenvalue weighted by molar-refractivity contribution is 14.0. The van der Waals surface area contributed by atoms with Gasteiger partial charge in [-0.25, -0.2) is 12.7 Å². The Morgan fingerprint density at radius 2 is 2.04 bits per heavy atom. The molecule has 1 atom stereocenters. The lowest BCUT2D eigenvalue weighted by Crippen LogP contribution is -2.44. The molecule has 6 nitrogen and oxygen atoms in total. The van der Waals surface area contributed by atoms with Gasteiger partial charge in [-0.15, -0.1) is 24.0 Å². The number of hydrogen-bond acceptors (Lipinski definition) is 3. The molecule has 0 spiro atoms. The minimum Gasteiger partial charge on any atom is -0.356 e. The van der Waals surface area contributed by atoms with E-state index >= 15 is 0 Å². The van der Waals surface area contributed by atoms with Crippen LogP contribution in [0.1, 0.15) is 31.4 Å². The van der Waals surface area contributed by atoms with Crippen LogP contribution in [0.5, 0.6) is 0 Å². The van der Waals surface area contributed by atoms with E-state index in [0.29, 0.717) is 24.0 Å². The van der Waals surface area contributed by atoms with Gasteiger partial charge in [0.1, 0.15) is 0 Å². The van der Waals surface area contributed by atoms with E-state index in [0.717, 1.165) is 30.9 Å². The third-order valence-corrected chi connectivity index (χ3v) is 6.06. The second-order valence-corrected chi connectivity index (χ2v) is 8.90. The molecule has 0 amide bonds. The number of aliphatic imine (C=N–C) groups is 1. The predicted molar refractivity (Wildman–Crippen MR) is 119 cm³/mol. The molecule has 0 aliphatic carbocycles. The fourth-order valence-electron chi connectivity index (χ4n) is 2.95. The van der Waals surface area contributed by atoms with Crippen molar-refractivity contribution in [2.75, 3.05) is 32.9 Å². The zero-order chi connectivity index (χ0) is 18.4. The normalized spacial score (nSPS) is 18.1. The van der Waals surface area contributed by atoms with Crippen LogP contribution in [0.15, 0.2) is 29.3 Å². The Bertz CT molecular complexity index is 706. The summed E-state index contributed by atoms with van der Waals surface area (Å²) in [6.45, 7) is 4.02. The van der Waals surface area contributed by atoms with Gasteiger partial charge in [0.15, 0.2) is 5.96 Å². The summed E-state index contributed by atoms with van der Waals surface area (Å²) >= 11 is 6.05. The Morgan fingerprint density at radius 3 is 2.58 bits per heavy atom. The lowest BCUT2D eigenvalue weighted by molar-refractivity contribution is 0.274. The zero-order valence-corrected chi connectivity index (χ0v) is 19.3. The van der Waals surface area contributed by atoms with Gasteiger partial charge in [0, 0.05) is 31.7 Å². The van der Waals surface area contributed by atoms with Crippen molar-refractivity contribution in [1.82, 2.24) is 14.9 Å². The molecule has 0 saturated carbocycles. The second-order valence-electron chi connectivity index (χ2n) is 6.48.